The van der Waals surface area contributed by atoms with Crippen molar-refractivity contribution in [3.63, 3.8) is 0 Å². The van der Waals surface area contributed by atoms with Crippen LogP contribution in [0.1, 0.15) is 77.6 Å². The Bertz CT molecular complexity index is 889. The van der Waals surface area contributed by atoms with E-state index in [4.69, 9.17) is 20.3 Å². The van der Waals surface area contributed by atoms with Gasteiger partial charge in [0.2, 0.25) is 0 Å². The predicted octanol–water partition coefficient (Wildman–Crippen LogP) is 0.505. The van der Waals surface area contributed by atoms with Gasteiger partial charge in [-0.25, -0.2) is 4.79 Å². The van der Waals surface area contributed by atoms with Crippen molar-refractivity contribution in [2.75, 3.05) is 26.4 Å². The van der Waals surface area contributed by atoms with Gasteiger partial charge in [0.15, 0.2) is 17.2 Å². The molecule has 4 aliphatic rings. The average Bonchev–Trinajstić information content (AvgIpc) is 3.59. The number of hydrogen-bond acceptors (Lipinski definition) is 8. The normalized spacial score (nSPS) is 36.6. The van der Waals surface area contributed by atoms with Crippen molar-refractivity contribution in [2.24, 2.45) is 23.5 Å². The summed E-state index contributed by atoms with van der Waals surface area (Å²) in [6.45, 7) is 2.75. The van der Waals surface area contributed by atoms with Crippen LogP contribution in [0.5, 0.6) is 0 Å². The minimum Gasteiger partial charge on any atom is -0.463 e. The van der Waals surface area contributed by atoms with E-state index in [0.717, 1.165) is 50.6 Å². The molecule has 6 unspecified atom stereocenters. The van der Waals surface area contributed by atoms with E-state index in [9.17, 15) is 19.5 Å². The molecule has 6 atom stereocenters. The van der Waals surface area contributed by atoms with Gasteiger partial charge in [0.1, 0.15) is 6.17 Å². The van der Waals surface area contributed by atoms with Crippen molar-refractivity contribution in [1.29, 1.82) is 0 Å². The first-order valence-corrected chi connectivity index (χ1v) is 13.7. The Labute approximate surface area is 213 Å². The van der Waals surface area contributed by atoms with Crippen LogP contribution in [0, 0.1) is 17.8 Å². The summed E-state index contributed by atoms with van der Waals surface area (Å²) in [5.41, 5.74) is 4.23. The first-order valence-electron chi connectivity index (χ1n) is 13.7. The number of Topliss-reactive ketones (excluding diaryl/α,β-unsaturated/α-hetero) is 2. The van der Waals surface area contributed by atoms with Gasteiger partial charge in [-0.3, -0.25) is 15.3 Å². The molecule has 6 N–H and O–H groups in total. The van der Waals surface area contributed by atoms with Crippen molar-refractivity contribution in [1.82, 2.24) is 0 Å². The number of nitrogens with two attached hydrogens (primary N) is 2. The van der Waals surface area contributed by atoms with Crippen molar-refractivity contribution in [2.45, 2.75) is 94.9 Å². The Morgan fingerprint density at radius 2 is 1.86 bits per heavy atom. The first-order chi connectivity index (χ1) is 17.3. The second kappa shape index (κ2) is 11.4. The Hall–Kier alpha value is -1.65. The van der Waals surface area contributed by atoms with E-state index in [0.29, 0.717) is 37.2 Å². The molecule has 2 aliphatic heterocycles. The number of carbonyl (C=O) groups excluding carboxylic acids is 3. The van der Waals surface area contributed by atoms with Gasteiger partial charge in [0.05, 0.1) is 19.8 Å². The molecule has 36 heavy (non-hydrogen) atoms. The van der Waals surface area contributed by atoms with Crippen molar-refractivity contribution < 1.29 is 39.4 Å². The Morgan fingerprint density at radius 3 is 2.53 bits per heavy atom. The third kappa shape index (κ3) is 4.92. The lowest BCUT2D eigenvalue weighted by Crippen LogP contribution is -2.94. The van der Waals surface area contributed by atoms with Crippen LogP contribution < -0.4 is 11.1 Å². The number of aliphatic hydroxyl groups excluding tert-OH is 2. The molecule has 0 bridgehead atoms. The quantitative estimate of drug-likeness (QED) is 0.104. The average molecular weight is 508 g/mol. The van der Waals surface area contributed by atoms with E-state index in [1.165, 1.54) is 0 Å². The molecule has 0 amide bonds. The zero-order valence-electron chi connectivity index (χ0n) is 21.5. The number of rotatable bonds is 11. The molecule has 4 fully saturated rings. The van der Waals surface area contributed by atoms with Crippen LogP contribution in [-0.2, 0) is 23.9 Å². The lowest BCUT2D eigenvalue weighted by Gasteiger charge is -2.37. The number of aliphatic hydroxyl groups is 2. The summed E-state index contributed by atoms with van der Waals surface area (Å²) in [5, 5.41) is 21.4. The first kappa shape index (κ1) is 27.4. The smallest absolute Gasteiger partial charge is 0.349 e. The fourth-order valence-electron chi connectivity index (χ4n) is 6.71. The summed E-state index contributed by atoms with van der Waals surface area (Å²) < 4.78 is 11.4. The molecule has 9 heteroatoms. The van der Waals surface area contributed by atoms with E-state index in [1.54, 1.807) is 0 Å². The maximum atomic E-state index is 13.8. The number of unbranched alkanes of at least 4 members (excludes halogenated alkanes) is 1. The molecule has 2 saturated carbocycles. The van der Waals surface area contributed by atoms with Crippen molar-refractivity contribution in [3.8, 4) is 0 Å². The van der Waals surface area contributed by atoms with Crippen LogP contribution in [0.2, 0.25) is 0 Å². The van der Waals surface area contributed by atoms with Crippen LogP contribution in [0.4, 0.5) is 0 Å². The zero-order chi connectivity index (χ0) is 25.9. The maximum Gasteiger partial charge on any atom is 0.349 e. The van der Waals surface area contributed by atoms with E-state index in [1.807, 2.05) is 6.92 Å². The summed E-state index contributed by atoms with van der Waals surface area (Å²) >= 11 is 0. The topological polar surface area (TPSA) is 156 Å². The Kier molecular flexibility index (Phi) is 8.67. The second-order valence-electron chi connectivity index (χ2n) is 11.2. The Balaban J connectivity index is 1.55. The van der Waals surface area contributed by atoms with Crippen LogP contribution >= 0.6 is 0 Å². The number of ether oxygens (including phenoxy) is 2. The molecule has 202 valence electrons. The van der Waals surface area contributed by atoms with Gasteiger partial charge in [-0.1, -0.05) is 18.4 Å². The highest BCUT2D eigenvalue weighted by atomic mass is 16.7. The third-order valence-corrected chi connectivity index (χ3v) is 8.95. The number of fused-ring (bicyclic) bond motifs is 2. The summed E-state index contributed by atoms with van der Waals surface area (Å²) in [6, 6.07) is 0. The van der Waals surface area contributed by atoms with Crippen LogP contribution in [0.25, 0.3) is 0 Å². The zero-order valence-corrected chi connectivity index (χ0v) is 21.5. The molecule has 2 saturated heterocycles. The molecule has 0 aromatic heterocycles. The number of piperidine rings is 1. The van der Waals surface area contributed by atoms with E-state index in [2.05, 4.69) is 5.32 Å². The van der Waals surface area contributed by atoms with Gasteiger partial charge in [0.25, 0.3) is 5.60 Å². The molecular weight excluding hydrogens is 464 g/mol. The molecule has 0 radical (unpaired) electrons. The molecule has 2 aliphatic carbocycles. The van der Waals surface area contributed by atoms with Crippen LogP contribution in [-0.4, -0.2) is 71.5 Å². The highest BCUT2D eigenvalue weighted by Crippen LogP contribution is 2.62. The summed E-state index contributed by atoms with van der Waals surface area (Å²) in [7, 11) is 0. The number of quaternary nitrogens is 1. The monoisotopic (exact) mass is 507 g/mol. The molecular formula is C27H43N2O7+. The van der Waals surface area contributed by atoms with Crippen LogP contribution in [0.3, 0.4) is 0 Å². The van der Waals surface area contributed by atoms with Crippen LogP contribution in [0.15, 0.2) is 11.1 Å². The van der Waals surface area contributed by atoms with Crippen molar-refractivity contribution >= 4 is 17.5 Å². The molecule has 2 heterocycles. The van der Waals surface area contributed by atoms with Gasteiger partial charge in [-0.2, -0.15) is 0 Å². The highest BCUT2D eigenvalue weighted by molar-refractivity contribution is 6.23. The van der Waals surface area contributed by atoms with Gasteiger partial charge >= 0.3 is 5.97 Å². The van der Waals surface area contributed by atoms with Gasteiger partial charge in [-0.05, 0) is 63.4 Å². The SMILES string of the molecule is CC(CCC1CC[NH2+]C(N)C1)=C(CO)CC12OC1(C(=O)OCCCCO)C(=O)C1CCCCC1C2=O. The fraction of sp³-hybridized carbons (Fsp3) is 0.815. The summed E-state index contributed by atoms with van der Waals surface area (Å²) in [5.74, 6) is -1.76. The third-order valence-electron chi connectivity index (χ3n) is 8.95. The lowest BCUT2D eigenvalue weighted by molar-refractivity contribution is -0.699. The second-order valence-corrected chi connectivity index (χ2v) is 11.2. The predicted molar refractivity (Wildman–Crippen MR) is 130 cm³/mol. The number of epoxide rings is 1. The fourth-order valence-corrected chi connectivity index (χ4v) is 6.71. The Morgan fingerprint density at radius 1 is 1.14 bits per heavy atom. The number of esters is 1. The van der Waals surface area contributed by atoms with Gasteiger partial charge in [0, 0.05) is 31.3 Å². The minimum absolute atomic E-state index is 0.0146. The number of allylic oxidation sites excluding steroid dienone is 1. The standard InChI is InChI=1S/C27H42N2O7/c1-17(8-9-18-10-11-29-22(28)14-18)19(16-31)15-26-23(32)20-6-2-3-7-21(20)24(33)27(26,36-26)25(34)35-13-5-4-12-30/h18,20-22,29-31H,2-16,28H2,1H3/p+1. The van der Waals surface area contributed by atoms with E-state index < -0.39 is 29.0 Å². The minimum atomic E-state index is -1.91. The van der Waals surface area contributed by atoms with Gasteiger partial charge < -0.3 is 25.0 Å². The van der Waals surface area contributed by atoms with E-state index >= 15 is 0 Å². The summed E-state index contributed by atoms with van der Waals surface area (Å²) in [4.78, 5) is 40.8. The van der Waals surface area contributed by atoms with Gasteiger partial charge in [-0.15, -0.1) is 0 Å². The molecule has 0 aromatic rings. The maximum absolute atomic E-state index is 13.8. The number of carbonyl (C=O) groups is 3. The highest BCUT2D eigenvalue weighted by Gasteiger charge is 2.87. The molecule has 9 nitrogen and oxygen atoms in total. The van der Waals surface area contributed by atoms with Crippen molar-refractivity contribution in [3.05, 3.63) is 11.1 Å². The van der Waals surface area contributed by atoms with E-state index in [-0.39, 0.29) is 44.0 Å². The molecule has 4 rings (SSSR count). The lowest BCUT2D eigenvalue weighted by atomic mass is 9.60. The molecule has 0 aromatic carbocycles. The molecule has 0 spiro atoms. The summed E-state index contributed by atoms with van der Waals surface area (Å²) in [6.07, 6.45) is 7.78. The largest absolute Gasteiger partial charge is 0.463 e. The number of ketones is 2. The number of hydrogen-bond donors (Lipinski definition) is 4.